The van der Waals surface area contributed by atoms with Crippen LogP contribution in [0.3, 0.4) is 0 Å². The number of aliphatic hydroxyl groups is 1. The zero-order valence-corrected chi connectivity index (χ0v) is 13.2. The van der Waals surface area contributed by atoms with Crippen molar-refractivity contribution in [2.45, 2.75) is 18.4 Å². The van der Waals surface area contributed by atoms with Gasteiger partial charge in [-0.25, -0.2) is 13.1 Å². The molecule has 0 aliphatic rings. The van der Waals surface area contributed by atoms with Crippen LogP contribution in [-0.4, -0.2) is 26.7 Å². The summed E-state index contributed by atoms with van der Waals surface area (Å²) >= 11 is 1.53. The van der Waals surface area contributed by atoms with Crippen molar-refractivity contribution in [3.63, 3.8) is 0 Å². The molecule has 1 aromatic heterocycles. The molecule has 114 valence electrons. The zero-order valence-electron chi connectivity index (χ0n) is 11.6. The van der Waals surface area contributed by atoms with Crippen molar-refractivity contribution >= 4 is 21.4 Å². The molecule has 0 saturated carbocycles. The van der Waals surface area contributed by atoms with Crippen LogP contribution in [0.1, 0.15) is 10.4 Å². The fraction of sp³-hybridized carbons (Fsp3) is 0.286. The van der Waals surface area contributed by atoms with Crippen LogP contribution in [-0.2, 0) is 16.6 Å². The van der Waals surface area contributed by atoms with Gasteiger partial charge in [0.1, 0.15) is 12.4 Å². The number of hydrogen-bond donors (Lipinski definition) is 2. The van der Waals surface area contributed by atoms with E-state index in [-0.39, 0.29) is 24.7 Å². The highest BCUT2D eigenvalue weighted by atomic mass is 32.2. The highest BCUT2D eigenvalue weighted by Gasteiger charge is 2.14. The molecule has 2 rings (SSSR count). The molecule has 0 atom stereocenters. The van der Waals surface area contributed by atoms with Crippen LogP contribution in [0.2, 0.25) is 0 Å². The third-order valence-electron chi connectivity index (χ3n) is 2.88. The van der Waals surface area contributed by atoms with Crippen LogP contribution in [0.25, 0.3) is 0 Å². The number of nitrogens with one attached hydrogen (secondary N) is 1. The second-order valence-corrected chi connectivity index (χ2v) is 7.16. The summed E-state index contributed by atoms with van der Waals surface area (Å²) in [6.45, 7) is 2.34. The summed E-state index contributed by atoms with van der Waals surface area (Å²) in [7, 11) is -3.54. The molecule has 0 spiro atoms. The Morgan fingerprint density at radius 2 is 1.95 bits per heavy atom. The number of aliphatic hydroxyl groups excluding tert-OH is 1. The molecule has 0 aliphatic carbocycles. The van der Waals surface area contributed by atoms with E-state index in [4.69, 9.17) is 9.84 Å². The van der Waals surface area contributed by atoms with E-state index in [0.29, 0.717) is 5.75 Å². The number of ether oxygens (including phenoxy) is 1. The molecule has 0 aliphatic heterocycles. The first-order valence-corrected chi connectivity index (χ1v) is 8.75. The maximum absolute atomic E-state index is 12.2. The van der Waals surface area contributed by atoms with Crippen molar-refractivity contribution in [3.8, 4) is 5.75 Å². The molecule has 0 saturated heterocycles. The Bertz CT molecular complexity index is 677. The molecule has 0 bridgehead atoms. The van der Waals surface area contributed by atoms with Crippen LogP contribution >= 0.6 is 11.3 Å². The molecule has 0 amide bonds. The SMILES string of the molecule is Cc1ccsc1CNS(=O)(=O)c1ccc(OCCO)cc1. The van der Waals surface area contributed by atoms with E-state index in [1.54, 1.807) is 12.1 Å². The standard InChI is InChI=1S/C14H17NO4S2/c1-11-6-9-20-14(11)10-15-21(17,18)13-4-2-12(3-5-13)19-8-7-16/h2-6,9,15-16H,7-8,10H2,1H3. The molecule has 1 heterocycles. The quantitative estimate of drug-likeness (QED) is 0.814. The minimum Gasteiger partial charge on any atom is -0.491 e. The monoisotopic (exact) mass is 327 g/mol. The van der Waals surface area contributed by atoms with E-state index in [2.05, 4.69) is 4.72 Å². The molecule has 21 heavy (non-hydrogen) atoms. The molecule has 7 heteroatoms. The van der Waals surface area contributed by atoms with Gasteiger partial charge in [-0.2, -0.15) is 0 Å². The summed E-state index contributed by atoms with van der Waals surface area (Å²) < 4.78 is 32.1. The summed E-state index contributed by atoms with van der Waals surface area (Å²) in [6, 6.07) is 8.06. The largest absolute Gasteiger partial charge is 0.491 e. The lowest BCUT2D eigenvalue weighted by Gasteiger charge is -2.08. The fourth-order valence-corrected chi connectivity index (χ4v) is 3.64. The first-order chi connectivity index (χ1) is 10.0. The number of rotatable bonds is 7. The zero-order chi connectivity index (χ0) is 15.3. The first-order valence-electron chi connectivity index (χ1n) is 6.39. The Balaban J connectivity index is 2.03. The maximum atomic E-state index is 12.2. The van der Waals surface area contributed by atoms with E-state index in [1.807, 2.05) is 18.4 Å². The molecule has 5 nitrogen and oxygen atoms in total. The van der Waals surface area contributed by atoms with Gasteiger partial charge in [0.05, 0.1) is 11.5 Å². The number of benzene rings is 1. The van der Waals surface area contributed by atoms with Crippen LogP contribution in [0.15, 0.2) is 40.6 Å². The van der Waals surface area contributed by atoms with E-state index < -0.39 is 10.0 Å². The number of hydrogen-bond acceptors (Lipinski definition) is 5. The molecule has 0 unspecified atom stereocenters. The molecule has 2 aromatic rings. The molecular formula is C14H17NO4S2. The van der Waals surface area contributed by atoms with Crippen molar-refractivity contribution in [2.75, 3.05) is 13.2 Å². The average molecular weight is 327 g/mol. The smallest absolute Gasteiger partial charge is 0.240 e. The van der Waals surface area contributed by atoms with E-state index >= 15 is 0 Å². The van der Waals surface area contributed by atoms with Gasteiger partial charge in [-0.05, 0) is 48.2 Å². The minimum atomic E-state index is -3.54. The second-order valence-electron chi connectivity index (χ2n) is 4.39. The molecular weight excluding hydrogens is 310 g/mol. The van der Waals surface area contributed by atoms with E-state index in [0.717, 1.165) is 10.4 Å². The van der Waals surface area contributed by atoms with Gasteiger partial charge in [-0.1, -0.05) is 0 Å². The van der Waals surface area contributed by atoms with Crippen molar-refractivity contribution in [2.24, 2.45) is 0 Å². The Morgan fingerprint density at radius 1 is 1.24 bits per heavy atom. The lowest BCUT2D eigenvalue weighted by atomic mass is 10.3. The third kappa shape index (κ3) is 4.28. The van der Waals surface area contributed by atoms with Gasteiger partial charge in [0.25, 0.3) is 0 Å². The van der Waals surface area contributed by atoms with Gasteiger partial charge in [0, 0.05) is 11.4 Å². The predicted molar refractivity (Wildman–Crippen MR) is 82.1 cm³/mol. The summed E-state index contributed by atoms with van der Waals surface area (Å²) in [4.78, 5) is 1.19. The minimum absolute atomic E-state index is 0.0816. The van der Waals surface area contributed by atoms with Gasteiger partial charge in [0.15, 0.2) is 0 Å². The van der Waals surface area contributed by atoms with Crippen LogP contribution in [0, 0.1) is 6.92 Å². The van der Waals surface area contributed by atoms with E-state index in [1.165, 1.54) is 23.5 Å². The predicted octanol–water partition coefficient (Wildman–Crippen LogP) is 1.91. The van der Waals surface area contributed by atoms with Crippen LogP contribution in [0.5, 0.6) is 5.75 Å². The highest BCUT2D eigenvalue weighted by Crippen LogP contribution is 2.18. The second kappa shape index (κ2) is 7.04. The Kier molecular flexibility index (Phi) is 5.35. The summed E-state index contributed by atoms with van der Waals surface area (Å²) in [6.07, 6.45) is 0. The topological polar surface area (TPSA) is 75.6 Å². The van der Waals surface area contributed by atoms with Crippen molar-refractivity contribution in [3.05, 3.63) is 46.2 Å². The van der Waals surface area contributed by atoms with Crippen molar-refractivity contribution in [1.82, 2.24) is 4.72 Å². The van der Waals surface area contributed by atoms with Gasteiger partial charge in [-0.3, -0.25) is 0 Å². The lowest BCUT2D eigenvalue weighted by molar-refractivity contribution is 0.201. The third-order valence-corrected chi connectivity index (χ3v) is 5.33. The molecule has 0 radical (unpaired) electrons. The van der Waals surface area contributed by atoms with Crippen LogP contribution < -0.4 is 9.46 Å². The Morgan fingerprint density at radius 3 is 2.52 bits per heavy atom. The lowest BCUT2D eigenvalue weighted by Crippen LogP contribution is -2.23. The average Bonchev–Trinajstić information content (AvgIpc) is 2.89. The summed E-state index contributed by atoms with van der Waals surface area (Å²) in [5, 5.41) is 10.6. The fourth-order valence-electron chi connectivity index (χ4n) is 1.71. The Hall–Kier alpha value is -1.41. The van der Waals surface area contributed by atoms with Gasteiger partial charge in [0.2, 0.25) is 10.0 Å². The number of thiophene rings is 1. The number of aryl methyl sites for hydroxylation is 1. The highest BCUT2D eigenvalue weighted by molar-refractivity contribution is 7.89. The van der Waals surface area contributed by atoms with Crippen molar-refractivity contribution in [1.29, 1.82) is 0 Å². The van der Waals surface area contributed by atoms with E-state index in [9.17, 15) is 8.42 Å². The molecule has 1 aromatic carbocycles. The van der Waals surface area contributed by atoms with Gasteiger partial charge >= 0.3 is 0 Å². The summed E-state index contributed by atoms with van der Waals surface area (Å²) in [5.41, 5.74) is 1.08. The normalized spacial score (nSPS) is 11.5. The Labute approximate surface area is 128 Å². The summed E-state index contributed by atoms with van der Waals surface area (Å²) in [5.74, 6) is 0.525. The van der Waals surface area contributed by atoms with Crippen molar-refractivity contribution < 1.29 is 18.3 Å². The van der Waals surface area contributed by atoms with Crippen LogP contribution in [0.4, 0.5) is 0 Å². The van der Waals surface area contributed by atoms with Gasteiger partial charge < -0.3 is 9.84 Å². The maximum Gasteiger partial charge on any atom is 0.240 e. The first kappa shape index (κ1) is 16.0. The molecule has 2 N–H and O–H groups in total. The van der Waals surface area contributed by atoms with Gasteiger partial charge in [-0.15, -0.1) is 11.3 Å². The number of sulfonamides is 1. The molecule has 0 fully saturated rings.